The average Bonchev–Trinajstić information content (AvgIpc) is 2.56. The third kappa shape index (κ3) is 3.81. The van der Waals surface area contributed by atoms with Gasteiger partial charge in [0.2, 0.25) is 0 Å². The molecule has 1 N–H and O–H groups in total. The van der Waals surface area contributed by atoms with E-state index in [0.29, 0.717) is 29.9 Å². The summed E-state index contributed by atoms with van der Waals surface area (Å²) in [5.74, 6) is 0. The summed E-state index contributed by atoms with van der Waals surface area (Å²) in [6.07, 6.45) is 0.483. The van der Waals surface area contributed by atoms with Gasteiger partial charge in [0.15, 0.2) is 0 Å². The van der Waals surface area contributed by atoms with Gasteiger partial charge in [-0.05, 0) is 24.5 Å². The van der Waals surface area contributed by atoms with E-state index in [1.54, 1.807) is 0 Å². The van der Waals surface area contributed by atoms with E-state index in [4.69, 9.17) is 4.74 Å². The molecule has 2 rings (SSSR count). The summed E-state index contributed by atoms with van der Waals surface area (Å²) in [5.41, 5.74) is 2.46. The SMILES string of the molecule is C=C(C)COCn1c(C(=C)c2ccccc2)c(CC)c(=O)[nH]c1=O. The lowest BCUT2D eigenvalue weighted by molar-refractivity contribution is 0.0908. The Kier molecular flexibility index (Phi) is 5.71. The highest BCUT2D eigenvalue weighted by Gasteiger charge is 2.17. The minimum atomic E-state index is -0.508. The Bertz CT molecular complexity index is 860. The van der Waals surface area contributed by atoms with E-state index in [0.717, 1.165) is 11.1 Å². The molecule has 24 heavy (non-hydrogen) atoms. The van der Waals surface area contributed by atoms with Crippen LogP contribution in [0.4, 0.5) is 0 Å². The zero-order valence-electron chi connectivity index (χ0n) is 14.1. The number of nitrogens with one attached hydrogen (secondary N) is 1. The van der Waals surface area contributed by atoms with E-state index in [-0.39, 0.29) is 12.3 Å². The standard InChI is InChI=1S/C19H22N2O3/c1-5-16-17(14(4)15-9-7-6-8-10-15)21(12-24-11-13(2)3)19(23)20-18(16)22/h6-10H,2,4-5,11-12H2,1,3H3,(H,20,22,23). The molecular formula is C19H22N2O3. The molecule has 0 fully saturated rings. The van der Waals surface area contributed by atoms with Gasteiger partial charge in [0.25, 0.3) is 5.56 Å². The monoisotopic (exact) mass is 326 g/mol. The van der Waals surface area contributed by atoms with Crippen molar-refractivity contribution in [2.45, 2.75) is 27.0 Å². The van der Waals surface area contributed by atoms with Crippen LogP contribution in [-0.2, 0) is 17.9 Å². The van der Waals surface area contributed by atoms with Gasteiger partial charge >= 0.3 is 5.69 Å². The fourth-order valence-electron chi connectivity index (χ4n) is 2.50. The van der Waals surface area contributed by atoms with Gasteiger partial charge in [-0.2, -0.15) is 0 Å². The van der Waals surface area contributed by atoms with Crippen LogP contribution in [0.5, 0.6) is 0 Å². The second-order valence-electron chi connectivity index (χ2n) is 5.65. The van der Waals surface area contributed by atoms with Crippen molar-refractivity contribution >= 4 is 5.57 Å². The number of ether oxygens (including phenoxy) is 1. The average molecular weight is 326 g/mol. The first-order valence-electron chi connectivity index (χ1n) is 7.78. The molecule has 0 aliphatic rings. The lowest BCUT2D eigenvalue weighted by atomic mass is 9.99. The highest BCUT2D eigenvalue weighted by Crippen LogP contribution is 2.22. The molecule has 2 aromatic rings. The molecule has 0 bridgehead atoms. The second-order valence-corrected chi connectivity index (χ2v) is 5.65. The van der Waals surface area contributed by atoms with Gasteiger partial charge in [0.1, 0.15) is 6.73 Å². The Balaban J connectivity index is 2.57. The summed E-state index contributed by atoms with van der Waals surface area (Å²) < 4.78 is 6.94. The Morgan fingerprint density at radius 1 is 1.21 bits per heavy atom. The highest BCUT2D eigenvalue weighted by molar-refractivity contribution is 5.77. The molecule has 5 nitrogen and oxygen atoms in total. The van der Waals surface area contributed by atoms with Crippen LogP contribution in [0.3, 0.4) is 0 Å². The van der Waals surface area contributed by atoms with Crippen molar-refractivity contribution in [1.29, 1.82) is 0 Å². The van der Waals surface area contributed by atoms with Crippen LogP contribution in [0.15, 0.2) is 58.7 Å². The third-order valence-corrected chi connectivity index (χ3v) is 3.63. The first kappa shape index (κ1) is 17.7. The molecule has 1 aromatic carbocycles. The Morgan fingerprint density at radius 3 is 2.46 bits per heavy atom. The van der Waals surface area contributed by atoms with Crippen LogP contribution >= 0.6 is 0 Å². The quantitative estimate of drug-likeness (QED) is 0.796. The molecule has 0 aliphatic carbocycles. The molecule has 0 saturated heterocycles. The Morgan fingerprint density at radius 2 is 1.88 bits per heavy atom. The molecule has 5 heteroatoms. The van der Waals surface area contributed by atoms with E-state index in [2.05, 4.69) is 18.1 Å². The molecule has 0 unspecified atom stereocenters. The van der Waals surface area contributed by atoms with Gasteiger partial charge in [-0.3, -0.25) is 14.3 Å². The van der Waals surface area contributed by atoms with Crippen LogP contribution in [0.2, 0.25) is 0 Å². The summed E-state index contributed by atoms with van der Waals surface area (Å²) in [7, 11) is 0. The van der Waals surface area contributed by atoms with Crippen molar-refractivity contribution in [3.63, 3.8) is 0 Å². The number of benzene rings is 1. The molecule has 0 aliphatic heterocycles. The maximum absolute atomic E-state index is 12.3. The van der Waals surface area contributed by atoms with Crippen molar-refractivity contribution in [1.82, 2.24) is 9.55 Å². The maximum Gasteiger partial charge on any atom is 0.330 e. The number of H-pyrrole nitrogens is 1. The molecule has 1 aromatic heterocycles. The van der Waals surface area contributed by atoms with Crippen LogP contribution in [0.1, 0.15) is 30.7 Å². The summed E-state index contributed by atoms with van der Waals surface area (Å²) in [6.45, 7) is 12.0. The smallest absolute Gasteiger partial charge is 0.330 e. The Labute approximate surface area is 140 Å². The van der Waals surface area contributed by atoms with Gasteiger partial charge in [-0.15, -0.1) is 0 Å². The second kappa shape index (κ2) is 7.75. The largest absolute Gasteiger partial charge is 0.356 e. The lowest BCUT2D eigenvalue weighted by Gasteiger charge is -2.18. The first-order chi connectivity index (χ1) is 11.5. The number of hydrogen-bond acceptors (Lipinski definition) is 3. The molecule has 0 radical (unpaired) electrons. The van der Waals surface area contributed by atoms with Crippen molar-refractivity contribution in [3.8, 4) is 0 Å². The topological polar surface area (TPSA) is 64.1 Å². The molecular weight excluding hydrogens is 304 g/mol. The first-order valence-corrected chi connectivity index (χ1v) is 7.78. The molecule has 0 amide bonds. The molecule has 0 saturated carbocycles. The number of nitrogens with zero attached hydrogens (tertiary/aromatic N) is 1. The van der Waals surface area contributed by atoms with Crippen molar-refractivity contribution < 1.29 is 4.74 Å². The van der Waals surface area contributed by atoms with Crippen LogP contribution < -0.4 is 11.2 Å². The lowest BCUT2D eigenvalue weighted by Crippen LogP contribution is -2.36. The van der Waals surface area contributed by atoms with E-state index < -0.39 is 5.69 Å². The van der Waals surface area contributed by atoms with Gasteiger partial charge < -0.3 is 4.74 Å². The third-order valence-electron chi connectivity index (χ3n) is 3.63. The van der Waals surface area contributed by atoms with Gasteiger partial charge in [0.05, 0.1) is 12.3 Å². The predicted molar refractivity (Wildman–Crippen MR) is 96.0 cm³/mol. The van der Waals surface area contributed by atoms with E-state index in [1.807, 2.05) is 44.2 Å². The van der Waals surface area contributed by atoms with Gasteiger partial charge in [-0.1, -0.05) is 56.0 Å². The summed E-state index contributed by atoms with van der Waals surface area (Å²) in [5, 5.41) is 0. The maximum atomic E-state index is 12.3. The summed E-state index contributed by atoms with van der Waals surface area (Å²) in [4.78, 5) is 26.9. The number of rotatable bonds is 7. The summed E-state index contributed by atoms with van der Waals surface area (Å²) >= 11 is 0. The van der Waals surface area contributed by atoms with E-state index in [1.165, 1.54) is 4.57 Å². The highest BCUT2D eigenvalue weighted by atomic mass is 16.5. The van der Waals surface area contributed by atoms with E-state index >= 15 is 0 Å². The minimum absolute atomic E-state index is 0.0245. The van der Waals surface area contributed by atoms with E-state index in [9.17, 15) is 9.59 Å². The van der Waals surface area contributed by atoms with Crippen molar-refractivity contribution in [2.24, 2.45) is 0 Å². The van der Waals surface area contributed by atoms with Crippen LogP contribution in [0, 0.1) is 0 Å². The fraction of sp³-hybridized carbons (Fsp3) is 0.263. The molecule has 1 heterocycles. The number of aromatic nitrogens is 2. The van der Waals surface area contributed by atoms with Gasteiger partial charge in [0, 0.05) is 5.56 Å². The molecule has 0 spiro atoms. The van der Waals surface area contributed by atoms with Crippen molar-refractivity contribution in [2.75, 3.05) is 6.61 Å². The predicted octanol–water partition coefficient (Wildman–Crippen LogP) is 2.71. The zero-order chi connectivity index (χ0) is 17.7. The minimum Gasteiger partial charge on any atom is -0.356 e. The fourth-order valence-corrected chi connectivity index (χ4v) is 2.50. The van der Waals surface area contributed by atoms with Crippen LogP contribution in [0.25, 0.3) is 5.57 Å². The number of aromatic amines is 1. The van der Waals surface area contributed by atoms with Crippen LogP contribution in [-0.4, -0.2) is 16.2 Å². The normalized spacial score (nSPS) is 10.6. The zero-order valence-corrected chi connectivity index (χ0v) is 14.1. The molecule has 0 atom stereocenters. The van der Waals surface area contributed by atoms with Crippen molar-refractivity contribution in [3.05, 3.63) is 86.7 Å². The summed E-state index contributed by atoms with van der Waals surface area (Å²) in [6, 6.07) is 9.47. The Hall–Kier alpha value is -2.66. The molecule has 126 valence electrons. The number of hydrogen-bond donors (Lipinski definition) is 1. The van der Waals surface area contributed by atoms with Gasteiger partial charge in [-0.25, -0.2) is 4.79 Å².